The van der Waals surface area contributed by atoms with E-state index in [1.165, 1.54) is 10.2 Å². The highest BCUT2D eigenvalue weighted by atomic mass is 28.1. The van der Waals surface area contributed by atoms with Gasteiger partial charge in [-0.2, -0.15) is 0 Å². The van der Waals surface area contributed by atoms with E-state index in [2.05, 4.69) is 0 Å². The van der Waals surface area contributed by atoms with Crippen LogP contribution in [0.5, 0.6) is 0 Å². The highest BCUT2D eigenvalue weighted by Gasteiger charge is 2.37. The van der Waals surface area contributed by atoms with Crippen molar-refractivity contribution in [3.8, 4) is 0 Å². The van der Waals surface area contributed by atoms with Gasteiger partial charge in [-0.25, -0.2) is 0 Å². The lowest BCUT2D eigenvalue weighted by Gasteiger charge is -2.28. The van der Waals surface area contributed by atoms with E-state index in [0.29, 0.717) is 0 Å². The van der Waals surface area contributed by atoms with Crippen LogP contribution in [-0.2, 0) is 0 Å². The molecule has 2 bridgehead atoms. The van der Waals surface area contributed by atoms with Crippen LogP contribution in [0.3, 0.4) is 0 Å². The van der Waals surface area contributed by atoms with Crippen LogP contribution >= 0.6 is 0 Å². The summed E-state index contributed by atoms with van der Waals surface area (Å²) >= 11 is 0. The van der Waals surface area contributed by atoms with Crippen molar-refractivity contribution in [3.63, 3.8) is 0 Å². The Hall–Kier alpha value is 0.217. The first-order valence-corrected chi connectivity index (χ1v) is 5.29. The van der Waals surface area contributed by atoms with Crippen LogP contribution in [0.1, 0.15) is 38.5 Å². The van der Waals surface area contributed by atoms with Crippen molar-refractivity contribution in [1.29, 1.82) is 0 Å². The molecule has 0 heterocycles. The standard InChI is InChI=1S/C8H16Si/c9-8-4-1-2-7(6-8)3-5-8/h7H,1-6H2,9H3. The average Bonchev–Trinajstić information content (AvgIpc) is 2.07. The summed E-state index contributed by atoms with van der Waals surface area (Å²) in [5.74, 6) is 1.16. The van der Waals surface area contributed by atoms with Crippen molar-refractivity contribution in [2.24, 2.45) is 5.92 Å². The molecule has 2 aliphatic rings. The Balaban J connectivity index is 2.13. The molecule has 0 spiro atoms. The topological polar surface area (TPSA) is 0 Å². The second-order valence-corrected chi connectivity index (χ2v) is 6.43. The molecule has 0 nitrogen and oxygen atoms in total. The lowest BCUT2D eigenvalue weighted by atomic mass is 9.88. The summed E-state index contributed by atoms with van der Waals surface area (Å²) in [7, 11) is 1.47. The Morgan fingerprint density at radius 3 is 2.78 bits per heavy atom. The molecule has 2 atom stereocenters. The predicted octanol–water partition coefficient (Wildman–Crippen LogP) is 1.49. The number of fused-ring (bicyclic) bond motifs is 2. The van der Waals surface area contributed by atoms with Crippen molar-refractivity contribution in [2.45, 2.75) is 43.6 Å². The van der Waals surface area contributed by atoms with Crippen LogP contribution in [0.2, 0.25) is 5.04 Å². The van der Waals surface area contributed by atoms with E-state index in [4.69, 9.17) is 0 Å². The smallest absolute Gasteiger partial charge is 0.0107 e. The molecule has 0 aromatic rings. The quantitative estimate of drug-likeness (QED) is 0.447. The fourth-order valence-electron chi connectivity index (χ4n) is 2.74. The molecule has 0 saturated heterocycles. The Kier molecular flexibility index (Phi) is 1.22. The summed E-state index contributed by atoms with van der Waals surface area (Å²) in [5, 5.41) is 0.933. The number of hydrogen-bond donors (Lipinski definition) is 0. The van der Waals surface area contributed by atoms with Gasteiger partial charge < -0.3 is 0 Å². The van der Waals surface area contributed by atoms with Crippen LogP contribution in [0.25, 0.3) is 0 Å². The molecule has 2 unspecified atom stereocenters. The van der Waals surface area contributed by atoms with Gasteiger partial charge in [0.25, 0.3) is 0 Å². The normalized spacial score (nSPS) is 50.0. The Bertz CT molecular complexity index is 118. The molecule has 52 valence electrons. The number of rotatable bonds is 0. The lowest BCUT2D eigenvalue weighted by Crippen LogP contribution is -2.13. The molecule has 0 aromatic heterocycles. The zero-order valence-corrected chi connectivity index (χ0v) is 8.32. The molecule has 9 heavy (non-hydrogen) atoms. The van der Waals surface area contributed by atoms with E-state index in [9.17, 15) is 0 Å². The van der Waals surface area contributed by atoms with Gasteiger partial charge in [-0.3, -0.25) is 0 Å². The molecular weight excluding hydrogens is 124 g/mol. The summed E-state index contributed by atoms with van der Waals surface area (Å²) in [4.78, 5) is 0. The second-order valence-electron chi connectivity index (χ2n) is 4.31. The van der Waals surface area contributed by atoms with Gasteiger partial charge in [0, 0.05) is 10.2 Å². The first kappa shape index (κ1) is 5.96. The summed E-state index contributed by atoms with van der Waals surface area (Å²) in [6.45, 7) is 0. The Morgan fingerprint density at radius 1 is 1.22 bits per heavy atom. The van der Waals surface area contributed by atoms with E-state index >= 15 is 0 Å². The van der Waals surface area contributed by atoms with Crippen LogP contribution in [0.15, 0.2) is 0 Å². The third-order valence-corrected chi connectivity index (χ3v) is 4.74. The second kappa shape index (κ2) is 1.85. The fourth-order valence-corrected chi connectivity index (χ4v) is 3.96. The van der Waals surface area contributed by atoms with Crippen LogP contribution in [0.4, 0.5) is 0 Å². The third kappa shape index (κ3) is 0.957. The Labute approximate surface area is 60.5 Å². The maximum Gasteiger partial charge on any atom is 0.0107 e. The van der Waals surface area contributed by atoms with Crippen LogP contribution < -0.4 is 0 Å². The maximum atomic E-state index is 1.61. The van der Waals surface area contributed by atoms with Gasteiger partial charge >= 0.3 is 0 Å². The van der Waals surface area contributed by atoms with Crippen molar-refractivity contribution < 1.29 is 0 Å². The maximum absolute atomic E-state index is 1.61. The minimum atomic E-state index is 0.933. The van der Waals surface area contributed by atoms with Gasteiger partial charge in [-0.15, -0.1) is 0 Å². The summed E-state index contributed by atoms with van der Waals surface area (Å²) in [5.41, 5.74) is 0. The number of hydrogen-bond acceptors (Lipinski definition) is 0. The minimum Gasteiger partial charge on any atom is -0.0528 e. The highest BCUT2D eigenvalue weighted by molar-refractivity contribution is 6.15. The van der Waals surface area contributed by atoms with Gasteiger partial charge in [0.1, 0.15) is 0 Å². The van der Waals surface area contributed by atoms with Gasteiger partial charge in [-0.05, 0) is 17.4 Å². The zero-order valence-electron chi connectivity index (χ0n) is 6.32. The first-order valence-electron chi connectivity index (χ1n) is 4.29. The molecule has 0 radical (unpaired) electrons. The minimum absolute atomic E-state index is 0.933. The molecule has 1 heteroatoms. The molecule has 2 saturated carbocycles. The average molecular weight is 140 g/mol. The fraction of sp³-hybridized carbons (Fsp3) is 1.00. The van der Waals surface area contributed by atoms with E-state index in [1.54, 1.807) is 38.5 Å². The van der Waals surface area contributed by atoms with E-state index in [-0.39, 0.29) is 0 Å². The van der Waals surface area contributed by atoms with E-state index in [1.807, 2.05) is 0 Å². The molecule has 2 aliphatic carbocycles. The van der Waals surface area contributed by atoms with E-state index < -0.39 is 0 Å². The summed E-state index contributed by atoms with van der Waals surface area (Å²) < 4.78 is 0. The van der Waals surface area contributed by atoms with Crippen molar-refractivity contribution >= 4 is 10.2 Å². The molecule has 0 aliphatic heterocycles. The van der Waals surface area contributed by atoms with Gasteiger partial charge in [-0.1, -0.05) is 32.1 Å². The highest BCUT2D eigenvalue weighted by Crippen LogP contribution is 2.54. The predicted molar refractivity (Wildman–Crippen MR) is 43.8 cm³/mol. The van der Waals surface area contributed by atoms with Gasteiger partial charge in [0.05, 0.1) is 0 Å². The third-order valence-electron chi connectivity index (χ3n) is 3.33. The summed E-state index contributed by atoms with van der Waals surface area (Å²) in [6, 6.07) is 0. The first-order chi connectivity index (χ1) is 4.29. The molecule has 0 aromatic carbocycles. The largest absolute Gasteiger partial charge is 0.0528 e. The van der Waals surface area contributed by atoms with E-state index in [0.717, 1.165) is 11.0 Å². The Morgan fingerprint density at radius 2 is 2.11 bits per heavy atom. The van der Waals surface area contributed by atoms with Crippen LogP contribution in [-0.4, -0.2) is 10.2 Å². The monoisotopic (exact) mass is 140 g/mol. The zero-order chi connectivity index (χ0) is 6.32. The molecule has 0 N–H and O–H groups in total. The summed E-state index contributed by atoms with van der Waals surface area (Å²) in [6.07, 6.45) is 9.46. The molecule has 2 rings (SSSR count). The van der Waals surface area contributed by atoms with Crippen molar-refractivity contribution in [2.75, 3.05) is 0 Å². The molecule has 0 amide bonds. The van der Waals surface area contributed by atoms with Crippen LogP contribution in [0, 0.1) is 5.92 Å². The lowest BCUT2D eigenvalue weighted by molar-refractivity contribution is 0.373. The van der Waals surface area contributed by atoms with Crippen molar-refractivity contribution in [1.82, 2.24) is 0 Å². The van der Waals surface area contributed by atoms with Crippen molar-refractivity contribution in [3.05, 3.63) is 0 Å². The van der Waals surface area contributed by atoms with Gasteiger partial charge in [0.15, 0.2) is 0 Å². The van der Waals surface area contributed by atoms with Gasteiger partial charge in [0.2, 0.25) is 0 Å². The molecule has 2 fully saturated rings. The SMILES string of the molecule is [SiH3]C12CCCC(CC1)C2. The molecular formula is C8H16Si.